The molecule has 1 rings (SSSR count). The maximum absolute atomic E-state index is 10.3. The number of hydrogen-bond donors (Lipinski definition) is 0. The average molecular weight is 157 g/mol. The molecule has 0 bridgehead atoms. The van der Waals surface area contributed by atoms with Gasteiger partial charge in [0, 0.05) is 5.56 Å². The molecule has 0 spiro atoms. The van der Waals surface area contributed by atoms with Crippen LogP contribution < -0.4 is 0 Å². The fraction of sp³-hybridized carbons (Fsp3) is 0. The fourth-order valence-corrected chi connectivity index (χ4v) is 0.859. The zero-order chi connectivity index (χ0) is 8.81. The summed E-state index contributed by atoms with van der Waals surface area (Å²) >= 11 is 0. The van der Waals surface area contributed by atoms with Crippen LogP contribution in [0.5, 0.6) is 0 Å². The van der Waals surface area contributed by atoms with Gasteiger partial charge in [-0.15, -0.1) is 0 Å². The van der Waals surface area contributed by atoms with Crippen molar-refractivity contribution >= 4 is 12.4 Å². The van der Waals surface area contributed by atoms with Gasteiger partial charge in [0.1, 0.15) is 6.29 Å². The van der Waals surface area contributed by atoms with Gasteiger partial charge < -0.3 is 0 Å². The van der Waals surface area contributed by atoms with Crippen molar-refractivity contribution < 1.29 is 4.79 Å². The van der Waals surface area contributed by atoms with Crippen molar-refractivity contribution in [3.05, 3.63) is 53.0 Å². The molecule has 0 saturated heterocycles. The number of aldehydes is 1. The summed E-state index contributed by atoms with van der Waals surface area (Å²) in [5.74, 6) is 0. The van der Waals surface area contributed by atoms with Gasteiger partial charge in [-0.25, -0.2) is 4.85 Å². The van der Waals surface area contributed by atoms with Crippen LogP contribution in [0, 0.1) is 6.57 Å². The normalized spacial score (nSPS) is 9.58. The lowest BCUT2D eigenvalue weighted by Crippen LogP contribution is -1.79. The van der Waals surface area contributed by atoms with Crippen molar-refractivity contribution in [2.45, 2.75) is 0 Å². The second-order valence-electron chi connectivity index (χ2n) is 2.23. The second-order valence-corrected chi connectivity index (χ2v) is 2.23. The standard InChI is InChI=1S/C10H7NO/c1-11-6-5-9-3-2-4-10(7-9)8-12/h2-8H/b6-5+. The minimum Gasteiger partial charge on any atom is -0.298 e. The Balaban J connectivity index is 2.95. The molecular formula is C10H7NO. The van der Waals surface area contributed by atoms with Crippen LogP contribution in [-0.2, 0) is 0 Å². The first-order valence-electron chi connectivity index (χ1n) is 3.45. The van der Waals surface area contributed by atoms with E-state index in [1.54, 1.807) is 24.3 Å². The summed E-state index contributed by atoms with van der Waals surface area (Å²) < 4.78 is 0. The highest BCUT2D eigenvalue weighted by atomic mass is 16.1. The minimum atomic E-state index is 0.627. The zero-order valence-corrected chi connectivity index (χ0v) is 6.40. The van der Waals surface area contributed by atoms with E-state index in [1.165, 1.54) is 6.20 Å². The van der Waals surface area contributed by atoms with E-state index in [2.05, 4.69) is 4.85 Å². The molecule has 0 amide bonds. The highest BCUT2D eigenvalue weighted by Crippen LogP contribution is 2.04. The lowest BCUT2D eigenvalue weighted by Gasteiger charge is -1.92. The first-order chi connectivity index (χ1) is 5.86. The Morgan fingerprint density at radius 1 is 1.33 bits per heavy atom. The van der Waals surface area contributed by atoms with Crippen LogP contribution in [-0.4, -0.2) is 6.29 Å². The van der Waals surface area contributed by atoms with Gasteiger partial charge in [-0.1, -0.05) is 24.3 Å². The molecule has 0 unspecified atom stereocenters. The van der Waals surface area contributed by atoms with E-state index in [0.717, 1.165) is 11.8 Å². The van der Waals surface area contributed by atoms with E-state index < -0.39 is 0 Å². The van der Waals surface area contributed by atoms with E-state index in [4.69, 9.17) is 6.57 Å². The molecule has 0 N–H and O–H groups in total. The van der Waals surface area contributed by atoms with E-state index in [1.807, 2.05) is 6.07 Å². The molecule has 2 nitrogen and oxygen atoms in total. The van der Waals surface area contributed by atoms with Crippen molar-refractivity contribution in [1.82, 2.24) is 0 Å². The summed E-state index contributed by atoms with van der Waals surface area (Å²) in [4.78, 5) is 13.4. The van der Waals surface area contributed by atoms with Gasteiger partial charge >= 0.3 is 0 Å². The maximum atomic E-state index is 10.3. The first-order valence-corrected chi connectivity index (χ1v) is 3.45. The molecular weight excluding hydrogens is 150 g/mol. The van der Waals surface area contributed by atoms with E-state index >= 15 is 0 Å². The van der Waals surface area contributed by atoms with Gasteiger partial charge in [0.2, 0.25) is 0 Å². The third-order valence-corrected chi connectivity index (χ3v) is 1.39. The van der Waals surface area contributed by atoms with Gasteiger partial charge in [-0.2, -0.15) is 0 Å². The SMILES string of the molecule is [C-]#[N+]/C=C/c1cccc(C=O)c1. The molecule has 0 aliphatic heterocycles. The van der Waals surface area contributed by atoms with Crippen molar-refractivity contribution in [2.24, 2.45) is 0 Å². The Kier molecular flexibility index (Phi) is 2.80. The summed E-state index contributed by atoms with van der Waals surface area (Å²) in [6.07, 6.45) is 3.82. The molecule has 0 fully saturated rings. The van der Waals surface area contributed by atoms with Crippen LogP contribution in [0.1, 0.15) is 15.9 Å². The smallest absolute Gasteiger partial charge is 0.154 e. The Hall–Kier alpha value is -1.88. The average Bonchev–Trinajstić information content (AvgIpc) is 2.15. The fourth-order valence-electron chi connectivity index (χ4n) is 0.859. The van der Waals surface area contributed by atoms with Gasteiger partial charge in [0.05, 0.1) is 6.57 Å². The monoisotopic (exact) mass is 157 g/mol. The molecule has 0 atom stereocenters. The van der Waals surface area contributed by atoms with Crippen molar-refractivity contribution in [3.63, 3.8) is 0 Å². The van der Waals surface area contributed by atoms with Crippen LogP contribution >= 0.6 is 0 Å². The number of carbonyl (C=O) groups is 1. The number of hydrogen-bond acceptors (Lipinski definition) is 1. The van der Waals surface area contributed by atoms with Gasteiger partial charge in [0.15, 0.2) is 6.20 Å². The predicted octanol–water partition coefficient (Wildman–Crippen LogP) is 2.39. The summed E-state index contributed by atoms with van der Waals surface area (Å²) in [7, 11) is 0. The Morgan fingerprint density at radius 2 is 2.08 bits per heavy atom. The largest absolute Gasteiger partial charge is 0.298 e. The summed E-state index contributed by atoms with van der Waals surface area (Å²) in [6.45, 7) is 6.52. The maximum Gasteiger partial charge on any atom is 0.154 e. The highest BCUT2D eigenvalue weighted by Gasteiger charge is 1.89. The van der Waals surface area contributed by atoms with Crippen molar-refractivity contribution in [2.75, 3.05) is 0 Å². The topological polar surface area (TPSA) is 21.4 Å². The van der Waals surface area contributed by atoms with Gasteiger partial charge in [-0.05, 0) is 11.6 Å². The second kappa shape index (κ2) is 4.09. The number of rotatable bonds is 2. The molecule has 1 aromatic carbocycles. The molecule has 0 aliphatic rings. The third kappa shape index (κ3) is 2.06. The zero-order valence-electron chi connectivity index (χ0n) is 6.40. The van der Waals surface area contributed by atoms with Crippen molar-refractivity contribution in [1.29, 1.82) is 0 Å². The Bertz CT molecular complexity index is 347. The Labute approximate surface area is 71.0 Å². The van der Waals surface area contributed by atoms with Crippen LogP contribution in [0.4, 0.5) is 0 Å². The van der Waals surface area contributed by atoms with E-state index in [0.29, 0.717) is 5.56 Å². The molecule has 0 heterocycles. The predicted molar refractivity (Wildman–Crippen MR) is 47.5 cm³/mol. The first kappa shape index (κ1) is 8.22. The van der Waals surface area contributed by atoms with Gasteiger partial charge in [0.25, 0.3) is 0 Å². The minimum absolute atomic E-state index is 0.627. The molecule has 1 aromatic rings. The Morgan fingerprint density at radius 3 is 2.75 bits per heavy atom. The molecule has 0 radical (unpaired) electrons. The van der Waals surface area contributed by atoms with Crippen LogP contribution in [0.15, 0.2) is 30.5 Å². The lowest BCUT2D eigenvalue weighted by atomic mass is 10.1. The molecule has 58 valence electrons. The van der Waals surface area contributed by atoms with Crippen LogP contribution in [0.25, 0.3) is 10.9 Å². The highest BCUT2D eigenvalue weighted by molar-refractivity contribution is 5.76. The van der Waals surface area contributed by atoms with Gasteiger partial charge in [-0.3, -0.25) is 4.79 Å². The van der Waals surface area contributed by atoms with Crippen LogP contribution in [0.2, 0.25) is 0 Å². The number of carbonyl (C=O) groups excluding carboxylic acids is 1. The number of benzene rings is 1. The quantitative estimate of drug-likeness (QED) is 0.477. The molecule has 0 saturated carbocycles. The molecule has 2 heteroatoms. The lowest BCUT2D eigenvalue weighted by molar-refractivity contribution is 0.112. The summed E-state index contributed by atoms with van der Waals surface area (Å²) in [5.41, 5.74) is 1.50. The third-order valence-electron chi connectivity index (χ3n) is 1.39. The number of nitrogens with zero attached hydrogens (tertiary/aromatic N) is 1. The molecule has 12 heavy (non-hydrogen) atoms. The van der Waals surface area contributed by atoms with E-state index in [-0.39, 0.29) is 0 Å². The molecule has 0 aliphatic carbocycles. The van der Waals surface area contributed by atoms with Crippen molar-refractivity contribution in [3.8, 4) is 0 Å². The summed E-state index contributed by atoms with van der Waals surface area (Å²) in [5, 5.41) is 0. The molecule has 0 aromatic heterocycles. The summed E-state index contributed by atoms with van der Waals surface area (Å²) in [6, 6.07) is 7.08. The van der Waals surface area contributed by atoms with Crippen LogP contribution in [0.3, 0.4) is 0 Å². The van der Waals surface area contributed by atoms with E-state index in [9.17, 15) is 4.79 Å².